The first-order valence-corrected chi connectivity index (χ1v) is 26.3. The number of allylic oxidation sites excluding steroid dienone is 2. The van der Waals surface area contributed by atoms with Crippen molar-refractivity contribution in [2.24, 2.45) is 0 Å². The van der Waals surface area contributed by atoms with Gasteiger partial charge in [0.05, 0.1) is 25.4 Å². The molecule has 304 valence electrons. The molecule has 0 spiro atoms. The number of carboxylic acid groups (broad SMARTS) is 2. The van der Waals surface area contributed by atoms with E-state index in [2.05, 4.69) is 76.2 Å². The van der Waals surface area contributed by atoms with Gasteiger partial charge >= 0.3 is 144 Å². The number of aryl methyl sites for hydroxylation is 2. The fourth-order valence-corrected chi connectivity index (χ4v) is 6.71. The molecule has 0 heterocycles. The van der Waals surface area contributed by atoms with Gasteiger partial charge in [-0.1, -0.05) is 104 Å². The molecule has 0 N–H and O–H groups in total. The average molecular weight is 1150 g/mol. The Bertz CT molecular complexity index is 1160. The van der Waals surface area contributed by atoms with Gasteiger partial charge in [0.1, 0.15) is 0 Å². The van der Waals surface area contributed by atoms with Gasteiger partial charge in [-0.2, -0.15) is 0 Å². The van der Waals surface area contributed by atoms with E-state index in [1.165, 1.54) is 120 Å². The summed E-state index contributed by atoms with van der Waals surface area (Å²) in [5.74, 6) is -3.52. The Balaban J connectivity index is 0. The van der Waals surface area contributed by atoms with Crippen LogP contribution in [-0.4, -0.2) is 23.9 Å². The number of rotatable bonds is 26. The second kappa shape index (κ2) is 42.3. The van der Waals surface area contributed by atoms with E-state index < -0.39 is 23.9 Å². The van der Waals surface area contributed by atoms with E-state index in [9.17, 15) is 29.4 Å². The van der Waals surface area contributed by atoms with Crippen LogP contribution in [0.15, 0.2) is 73.2 Å². The van der Waals surface area contributed by atoms with Gasteiger partial charge in [0, 0.05) is 11.9 Å². The van der Waals surface area contributed by atoms with Crippen LogP contribution in [0.25, 0.3) is 0 Å². The standard InChI is InChI=1S/2C16H28O4.2C7H7.2Hg/c2*1-2-3-4-5-6-7-8-9-10-11-14-20-16(19)13-12-15(17)18;2*1-7-5-3-2-4-6-7;;/h2*11,14H,2-10,12-13H2,1H3,(H,17,18);2*3-6H,1H3;;/q;;;;2*+1/p-2. The molecule has 0 aromatic heterocycles. The summed E-state index contributed by atoms with van der Waals surface area (Å²) in [4.78, 5) is 42.3. The monoisotopic (exact) mass is 1150 g/mol. The van der Waals surface area contributed by atoms with E-state index in [0.717, 1.165) is 77.9 Å². The van der Waals surface area contributed by atoms with E-state index in [4.69, 9.17) is 9.47 Å². The van der Waals surface area contributed by atoms with E-state index in [1.54, 1.807) is 0 Å². The third kappa shape index (κ3) is 46.1. The number of hydrogen-bond acceptors (Lipinski definition) is 8. The first kappa shape index (κ1) is 55.8. The maximum absolute atomic E-state index is 11.0. The number of unbranched alkanes of at least 4 members (excludes halogenated alkanes) is 16. The van der Waals surface area contributed by atoms with Gasteiger partial charge in [-0.25, -0.2) is 0 Å². The summed E-state index contributed by atoms with van der Waals surface area (Å²) >= 11 is 1.60. The third-order valence-electron chi connectivity index (χ3n) is 8.35. The molecule has 0 unspecified atom stereocenters. The zero-order valence-corrected chi connectivity index (χ0v) is 46.2. The molecule has 2 rings (SSSR count). The minimum atomic E-state index is -1.23. The Kier molecular flexibility index (Phi) is 42.1. The number of ether oxygens (including phenoxy) is 2. The fourth-order valence-electron chi connectivity index (χ4n) is 4.88. The summed E-state index contributed by atoms with van der Waals surface area (Å²) in [7, 11) is 0. The molecule has 8 nitrogen and oxygen atoms in total. The van der Waals surface area contributed by atoms with Gasteiger partial charge in [-0.15, -0.1) is 0 Å². The van der Waals surface area contributed by atoms with Crippen LogP contribution in [0.1, 0.15) is 166 Å². The zero-order chi connectivity index (χ0) is 42.1. The molecule has 0 bridgehead atoms. The van der Waals surface area contributed by atoms with Gasteiger partial charge in [0.25, 0.3) is 0 Å². The fraction of sp³-hybridized carbons (Fsp3) is 0.565. The number of hydrogen-bond donors (Lipinski definition) is 0. The number of benzene rings is 2. The molecule has 0 radical (unpaired) electrons. The van der Waals surface area contributed by atoms with Crippen LogP contribution in [-0.2, 0) is 80.9 Å². The maximum atomic E-state index is 11.0. The van der Waals surface area contributed by atoms with Crippen LogP contribution in [0.4, 0.5) is 0 Å². The summed E-state index contributed by atoms with van der Waals surface area (Å²) in [6.07, 6.45) is 27.6. The van der Waals surface area contributed by atoms with Crippen molar-refractivity contribution in [2.75, 3.05) is 0 Å². The van der Waals surface area contributed by atoms with Gasteiger partial charge < -0.3 is 29.3 Å². The topological polar surface area (TPSA) is 133 Å². The number of carboxylic acids is 2. The molecule has 0 saturated carbocycles. The summed E-state index contributed by atoms with van der Waals surface area (Å²) in [5.41, 5.74) is 2.72. The van der Waals surface area contributed by atoms with Crippen LogP contribution in [0.3, 0.4) is 0 Å². The van der Waals surface area contributed by atoms with Crippen molar-refractivity contribution in [3.63, 3.8) is 0 Å². The van der Waals surface area contributed by atoms with Crippen molar-refractivity contribution in [3.8, 4) is 0 Å². The number of aliphatic carboxylic acids is 2. The van der Waals surface area contributed by atoms with Crippen molar-refractivity contribution in [3.05, 3.63) is 84.3 Å². The molecule has 10 heteroatoms. The second-order valence-corrected chi connectivity index (χ2v) is 20.3. The Morgan fingerprint density at radius 1 is 0.482 bits per heavy atom. The number of esters is 2. The van der Waals surface area contributed by atoms with Crippen LogP contribution in [0.2, 0.25) is 0 Å². The third-order valence-corrected chi connectivity index (χ3v) is 12.0. The molecular weight excluding hydrogens is 1080 g/mol. The van der Waals surface area contributed by atoms with Crippen molar-refractivity contribution in [2.45, 2.75) is 169 Å². The zero-order valence-electron chi connectivity index (χ0n) is 35.2. The molecule has 0 fully saturated rings. The Morgan fingerprint density at radius 2 is 0.768 bits per heavy atom. The molecule has 0 aliphatic rings. The van der Waals surface area contributed by atoms with Gasteiger partial charge in [-0.05, 0) is 50.7 Å². The van der Waals surface area contributed by atoms with Crippen LogP contribution in [0, 0.1) is 13.8 Å². The summed E-state index contributed by atoms with van der Waals surface area (Å²) < 4.78 is 12.6. The van der Waals surface area contributed by atoms with Crippen molar-refractivity contribution in [1.29, 1.82) is 0 Å². The van der Waals surface area contributed by atoms with E-state index in [-0.39, 0.29) is 25.7 Å². The first-order valence-electron chi connectivity index (χ1n) is 20.8. The number of carbonyl (C=O) groups excluding carboxylic acids is 4. The van der Waals surface area contributed by atoms with Crippen molar-refractivity contribution in [1.82, 2.24) is 0 Å². The van der Waals surface area contributed by atoms with Crippen LogP contribution >= 0.6 is 0 Å². The molecule has 0 amide bonds. The van der Waals surface area contributed by atoms with Crippen molar-refractivity contribution < 1.29 is 91.1 Å². The molecule has 0 saturated heterocycles. The SMILES string of the molecule is CCCCCCCCCCC=COC(=O)CCC(=O)[O-].CCCCCCCCCCC=COC(=O)CCC(=O)[O-].Cc1cc[c]([Hg+])cc1.Cc1cc[c]([Hg+])cc1. The quantitative estimate of drug-likeness (QED) is 0.0397. The van der Waals surface area contributed by atoms with Gasteiger partial charge in [0.15, 0.2) is 0 Å². The van der Waals surface area contributed by atoms with Crippen LogP contribution < -0.4 is 16.4 Å². The van der Waals surface area contributed by atoms with Gasteiger partial charge in [0.2, 0.25) is 0 Å². The molecule has 0 aliphatic heterocycles. The van der Waals surface area contributed by atoms with E-state index in [0.29, 0.717) is 0 Å². The molecule has 0 aliphatic carbocycles. The first-order chi connectivity index (χ1) is 26.9. The average Bonchev–Trinajstić information content (AvgIpc) is 3.17. The van der Waals surface area contributed by atoms with E-state index >= 15 is 0 Å². The van der Waals surface area contributed by atoms with Crippen molar-refractivity contribution >= 4 is 30.0 Å². The summed E-state index contributed by atoms with van der Waals surface area (Å²) in [5, 5.41) is 20.3. The second-order valence-electron chi connectivity index (χ2n) is 14.0. The molecular formula is C46H68Hg2O8. The minimum absolute atomic E-state index is 0.134. The molecule has 0 atom stereocenters. The molecule has 2 aromatic rings. The normalized spacial score (nSPS) is 10.4. The Hall–Kier alpha value is -2.33. The van der Waals surface area contributed by atoms with E-state index in [1.807, 2.05) is 12.2 Å². The molecule has 2 aromatic carbocycles. The summed E-state index contributed by atoms with van der Waals surface area (Å²) in [6, 6.07) is 17.5. The summed E-state index contributed by atoms with van der Waals surface area (Å²) in [6.45, 7) is 8.68. The van der Waals surface area contributed by atoms with Crippen LogP contribution in [0.5, 0.6) is 0 Å². The Labute approximate surface area is 371 Å². The molecule has 56 heavy (non-hydrogen) atoms. The Morgan fingerprint density at radius 3 is 1.04 bits per heavy atom. The predicted molar refractivity (Wildman–Crippen MR) is 215 cm³/mol. The number of carbonyl (C=O) groups is 4. The predicted octanol–water partition coefficient (Wildman–Crippen LogP) is 8.54. The van der Waals surface area contributed by atoms with Gasteiger partial charge in [-0.3, -0.25) is 9.59 Å².